The Hall–Kier alpha value is 0.830. The lowest BCUT2D eigenvalue weighted by Gasteiger charge is -2.20. The average Bonchev–Trinajstić information content (AvgIpc) is 2.65. The van der Waals surface area contributed by atoms with Crippen molar-refractivity contribution in [2.24, 2.45) is 11.8 Å². The lowest BCUT2D eigenvalue weighted by Crippen LogP contribution is -2.14. The highest BCUT2D eigenvalue weighted by Crippen LogP contribution is 2.34. The van der Waals surface area contributed by atoms with Gasteiger partial charge < -0.3 is 0 Å². The summed E-state index contributed by atoms with van der Waals surface area (Å²) in [5.74, 6) is 4.64. The van der Waals surface area contributed by atoms with E-state index in [9.17, 15) is 0 Å². The van der Waals surface area contributed by atoms with Crippen molar-refractivity contribution in [1.82, 2.24) is 0 Å². The van der Waals surface area contributed by atoms with E-state index in [0.29, 0.717) is 0 Å². The Kier molecular flexibility index (Phi) is 6.56. The molecule has 0 saturated heterocycles. The van der Waals surface area contributed by atoms with E-state index in [1.165, 1.54) is 48.9 Å². The molecule has 0 aromatic heterocycles. The third-order valence-electron chi connectivity index (χ3n) is 3.10. The summed E-state index contributed by atoms with van der Waals surface area (Å²) in [7, 11) is 0. The van der Waals surface area contributed by atoms with Gasteiger partial charge >= 0.3 is 0 Å². The molecule has 78 valence electrons. The van der Waals surface area contributed by atoms with Crippen LogP contribution in [0, 0.1) is 11.8 Å². The number of rotatable bonds is 6. The van der Waals surface area contributed by atoms with Crippen molar-refractivity contribution in [2.75, 3.05) is 16.8 Å². The summed E-state index contributed by atoms with van der Waals surface area (Å²) in [6, 6.07) is 0. The number of halogens is 1. The second kappa shape index (κ2) is 7.17. The van der Waals surface area contributed by atoms with Crippen LogP contribution in [-0.4, -0.2) is 16.8 Å². The molecule has 0 aromatic rings. The molecular formula is C11H21BrS. The quantitative estimate of drug-likeness (QED) is 0.509. The molecule has 1 aliphatic carbocycles. The summed E-state index contributed by atoms with van der Waals surface area (Å²) in [6.45, 7) is 2.25. The molecule has 1 fully saturated rings. The first-order valence-electron chi connectivity index (χ1n) is 5.52. The molecule has 1 rings (SSSR count). The largest absolute Gasteiger partial charge is 0.162 e. The van der Waals surface area contributed by atoms with Crippen molar-refractivity contribution in [3.8, 4) is 0 Å². The normalized spacial score (nSPS) is 20.8. The fourth-order valence-electron chi connectivity index (χ4n) is 2.25. The third kappa shape index (κ3) is 4.24. The van der Waals surface area contributed by atoms with Crippen LogP contribution < -0.4 is 0 Å². The van der Waals surface area contributed by atoms with Gasteiger partial charge in [0.25, 0.3) is 0 Å². The molecule has 2 heteroatoms. The Bertz CT molecular complexity index is 121. The van der Waals surface area contributed by atoms with Gasteiger partial charge in [-0.3, -0.25) is 0 Å². The summed E-state index contributed by atoms with van der Waals surface area (Å²) in [5, 5.41) is 1.22. The zero-order chi connectivity index (χ0) is 9.52. The first-order valence-corrected chi connectivity index (χ1v) is 7.79. The Morgan fingerprint density at radius 2 is 2.08 bits per heavy atom. The van der Waals surface area contributed by atoms with Crippen LogP contribution in [-0.2, 0) is 0 Å². The van der Waals surface area contributed by atoms with E-state index in [4.69, 9.17) is 0 Å². The van der Waals surface area contributed by atoms with Crippen molar-refractivity contribution < 1.29 is 0 Å². The van der Waals surface area contributed by atoms with Gasteiger partial charge in [0.1, 0.15) is 0 Å². The fourth-order valence-corrected chi connectivity index (χ4v) is 3.86. The summed E-state index contributed by atoms with van der Waals surface area (Å²) < 4.78 is 0. The fraction of sp³-hybridized carbons (Fsp3) is 1.00. The first kappa shape index (κ1) is 11.9. The Morgan fingerprint density at radius 3 is 2.62 bits per heavy atom. The second-order valence-electron chi connectivity index (χ2n) is 3.94. The summed E-state index contributed by atoms with van der Waals surface area (Å²) in [4.78, 5) is 0. The van der Waals surface area contributed by atoms with Crippen LogP contribution in [0.5, 0.6) is 0 Å². The van der Waals surface area contributed by atoms with Crippen LogP contribution in [0.15, 0.2) is 0 Å². The van der Waals surface area contributed by atoms with Gasteiger partial charge in [0, 0.05) is 5.33 Å². The van der Waals surface area contributed by atoms with Gasteiger partial charge in [0.15, 0.2) is 0 Å². The van der Waals surface area contributed by atoms with E-state index >= 15 is 0 Å². The maximum absolute atomic E-state index is 3.67. The van der Waals surface area contributed by atoms with Gasteiger partial charge in [-0.25, -0.2) is 0 Å². The summed E-state index contributed by atoms with van der Waals surface area (Å²) in [5.41, 5.74) is 0. The van der Waals surface area contributed by atoms with E-state index in [-0.39, 0.29) is 0 Å². The molecule has 1 unspecified atom stereocenters. The number of hydrogen-bond acceptors (Lipinski definition) is 1. The van der Waals surface area contributed by atoms with Crippen molar-refractivity contribution >= 4 is 27.7 Å². The number of thioether (sulfide) groups is 1. The van der Waals surface area contributed by atoms with E-state index in [0.717, 1.165) is 11.8 Å². The molecule has 0 bridgehead atoms. The van der Waals surface area contributed by atoms with Crippen LogP contribution in [0.3, 0.4) is 0 Å². The molecule has 0 nitrogen and oxygen atoms in total. The van der Waals surface area contributed by atoms with Crippen LogP contribution in [0.4, 0.5) is 0 Å². The van der Waals surface area contributed by atoms with Crippen LogP contribution in [0.25, 0.3) is 0 Å². The average molecular weight is 265 g/mol. The van der Waals surface area contributed by atoms with E-state index in [2.05, 4.69) is 34.6 Å². The van der Waals surface area contributed by atoms with Gasteiger partial charge in [-0.2, -0.15) is 11.8 Å². The lowest BCUT2D eigenvalue weighted by molar-refractivity contribution is 0.367. The minimum atomic E-state index is 0.960. The van der Waals surface area contributed by atoms with Crippen molar-refractivity contribution in [3.63, 3.8) is 0 Å². The Labute approximate surface area is 95.4 Å². The first-order chi connectivity index (χ1) is 6.38. The topological polar surface area (TPSA) is 0 Å². The minimum Gasteiger partial charge on any atom is -0.162 e. The van der Waals surface area contributed by atoms with Gasteiger partial charge in [-0.05, 0) is 29.8 Å². The smallest absolute Gasteiger partial charge is 0.00626 e. The molecule has 0 spiro atoms. The SMILES string of the molecule is CCSCCC(CBr)C1CCCC1. The van der Waals surface area contributed by atoms with Crippen LogP contribution in [0.2, 0.25) is 0 Å². The van der Waals surface area contributed by atoms with Crippen LogP contribution >= 0.6 is 27.7 Å². The maximum atomic E-state index is 3.67. The molecular weight excluding hydrogens is 244 g/mol. The molecule has 13 heavy (non-hydrogen) atoms. The van der Waals surface area contributed by atoms with E-state index in [1.807, 2.05) is 0 Å². The van der Waals surface area contributed by atoms with Crippen molar-refractivity contribution in [3.05, 3.63) is 0 Å². The summed E-state index contributed by atoms with van der Waals surface area (Å²) >= 11 is 5.76. The molecule has 0 N–H and O–H groups in total. The molecule has 0 aliphatic heterocycles. The van der Waals surface area contributed by atoms with Gasteiger partial charge in [0.05, 0.1) is 0 Å². The molecule has 1 aliphatic rings. The molecule has 0 aromatic carbocycles. The maximum Gasteiger partial charge on any atom is 0.00626 e. The second-order valence-corrected chi connectivity index (χ2v) is 5.99. The number of alkyl halides is 1. The minimum absolute atomic E-state index is 0.960. The predicted octanol–water partition coefficient (Wildman–Crippen LogP) is 4.33. The molecule has 1 atom stereocenters. The highest BCUT2D eigenvalue weighted by atomic mass is 79.9. The third-order valence-corrected chi connectivity index (χ3v) is 4.87. The van der Waals surface area contributed by atoms with E-state index in [1.54, 1.807) is 0 Å². The molecule has 0 amide bonds. The van der Waals surface area contributed by atoms with Crippen molar-refractivity contribution in [2.45, 2.75) is 39.0 Å². The Balaban J connectivity index is 2.16. The lowest BCUT2D eigenvalue weighted by atomic mass is 9.90. The molecule has 0 radical (unpaired) electrons. The number of hydrogen-bond donors (Lipinski definition) is 0. The van der Waals surface area contributed by atoms with Gasteiger partial charge in [0.2, 0.25) is 0 Å². The van der Waals surface area contributed by atoms with Crippen LogP contribution in [0.1, 0.15) is 39.0 Å². The highest BCUT2D eigenvalue weighted by Gasteiger charge is 2.23. The van der Waals surface area contributed by atoms with Gasteiger partial charge in [-0.15, -0.1) is 0 Å². The zero-order valence-electron chi connectivity index (χ0n) is 8.60. The monoisotopic (exact) mass is 264 g/mol. The predicted molar refractivity (Wildman–Crippen MR) is 66.9 cm³/mol. The zero-order valence-corrected chi connectivity index (χ0v) is 11.0. The van der Waals surface area contributed by atoms with Crippen molar-refractivity contribution in [1.29, 1.82) is 0 Å². The standard InChI is InChI=1S/C11H21BrS/c1-2-13-8-7-11(9-12)10-5-3-4-6-10/h10-11H,2-9H2,1H3. The summed E-state index contributed by atoms with van der Waals surface area (Å²) in [6.07, 6.45) is 7.37. The molecule has 0 heterocycles. The van der Waals surface area contributed by atoms with Gasteiger partial charge in [-0.1, -0.05) is 48.5 Å². The van der Waals surface area contributed by atoms with E-state index < -0.39 is 0 Å². The molecule has 1 saturated carbocycles. The Morgan fingerprint density at radius 1 is 1.38 bits per heavy atom. The highest BCUT2D eigenvalue weighted by molar-refractivity contribution is 9.09.